The highest BCUT2D eigenvalue weighted by molar-refractivity contribution is 5.63. The molecular formula is C13H12. The molecule has 0 aliphatic carbocycles. The summed E-state index contributed by atoms with van der Waals surface area (Å²) in [5, 5.41) is 0. The van der Waals surface area contributed by atoms with Gasteiger partial charge in [-0.05, 0) is 18.1 Å². The zero-order valence-corrected chi connectivity index (χ0v) is 7.31. The molecule has 0 aliphatic rings. The van der Waals surface area contributed by atoms with E-state index in [1.54, 1.807) is 12.1 Å². The predicted octanol–water partition coefficient (Wildman–Crippen LogP) is 3.66. The summed E-state index contributed by atoms with van der Waals surface area (Å²) in [6, 6.07) is 5.97. The predicted molar refractivity (Wildman–Crippen MR) is 56.6 cm³/mol. The smallest absolute Gasteiger partial charge is 0.0622 e. The highest BCUT2D eigenvalue weighted by Crippen LogP contribution is 2.18. The van der Waals surface area contributed by atoms with Gasteiger partial charge in [0.1, 0.15) is 0 Å². The lowest BCUT2D eigenvalue weighted by Crippen LogP contribution is -1.76. The van der Waals surface area contributed by atoms with Crippen molar-refractivity contribution in [2.24, 2.45) is 0 Å². The van der Waals surface area contributed by atoms with Gasteiger partial charge in [-0.2, -0.15) is 0 Å². The Morgan fingerprint density at radius 2 is 1.46 bits per heavy atom. The van der Waals surface area contributed by atoms with E-state index in [0.717, 1.165) is 5.56 Å². The summed E-state index contributed by atoms with van der Waals surface area (Å²) in [5.74, 6) is 0. The van der Waals surface area contributed by atoms with E-state index in [0.29, 0.717) is 5.56 Å². The van der Waals surface area contributed by atoms with E-state index in [1.165, 1.54) is 0 Å². The highest BCUT2D eigenvalue weighted by Gasteiger charge is 1.93. The van der Waals surface area contributed by atoms with Gasteiger partial charge < -0.3 is 0 Å². The molecule has 0 spiro atoms. The summed E-state index contributed by atoms with van der Waals surface area (Å²) in [6.07, 6.45) is 0. The Labute approximate surface area is 85.9 Å². The van der Waals surface area contributed by atoms with Crippen molar-refractivity contribution < 1.29 is 6.85 Å². The van der Waals surface area contributed by atoms with Crippen molar-refractivity contribution >= 4 is 0 Å². The lowest BCUT2D eigenvalue weighted by molar-refractivity contribution is 1.47. The standard InChI is InChI=1S/C13H12/c1-11-7-9-13(10-8-11)12-5-3-2-4-6-12/h2-10H,1H3/i2D,3D,4D,5D,6D. The first kappa shape index (κ1) is 4.10. The molecular weight excluding hydrogens is 156 g/mol. The van der Waals surface area contributed by atoms with E-state index >= 15 is 0 Å². The minimum absolute atomic E-state index is 0.162. The van der Waals surface area contributed by atoms with Crippen molar-refractivity contribution in [1.82, 2.24) is 0 Å². The van der Waals surface area contributed by atoms with Crippen LogP contribution in [-0.4, -0.2) is 0 Å². The molecule has 0 saturated heterocycles. The molecule has 64 valence electrons. The maximum atomic E-state index is 7.85. The molecule has 0 atom stereocenters. The fourth-order valence-corrected chi connectivity index (χ4v) is 1.11. The molecule has 0 radical (unpaired) electrons. The molecule has 0 heterocycles. The molecule has 0 N–H and O–H groups in total. The summed E-state index contributed by atoms with van der Waals surface area (Å²) in [4.78, 5) is 0. The molecule has 2 aromatic rings. The van der Waals surface area contributed by atoms with Crippen LogP contribution >= 0.6 is 0 Å². The Kier molecular flexibility index (Phi) is 1.09. The maximum absolute atomic E-state index is 7.85. The Bertz CT molecular complexity index is 573. The number of rotatable bonds is 1. The minimum Gasteiger partial charge on any atom is -0.0622 e. The average Bonchev–Trinajstić information content (AvgIpc) is 2.36. The van der Waals surface area contributed by atoms with Crippen molar-refractivity contribution in [1.29, 1.82) is 0 Å². The largest absolute Gasteiger partial charge is 0.0629 e. The number of benzene rings is 2. The topological polar surface area (TPSA) is 0 Å². The van der Waals surface area contributed by atoms with Crippen LogP contribution < -0.4 is 0 Å². The third-order valence-corrected chi connectivity index (χ3v) is 1.84. The first-order valence-corrected chi connectivity index (χ1v) is 4.07. The Morgan fingerprint density at radius 1 is 0.846 bits per heavy atom. The Morgan fingerprint density at radius 3 is 2.08 bits per heavy atom. The van der Waals surface area contributed by atoms with Gasteiger partial charge in [-0.3, -0.25) is 0 Å². The van der Waals surface area contributed by atoms with Crippen LogP contribution in [0.4, 0.5) is 0 Å². The molecule has 0 heteroatoms. The zero-order chi connectivity index (χ0) is 13.4. The lowest BCUT2D eigenvalue weighted by Gasteiger charge is -2.00. The lowest BCUT2D eigenvalue weighted by atomic mass is 10.0. The number of hydrogen-bond acceptors (Lipinski definition) is 0. The van der Waals surface area contributed by atoms with Crippen molar-refractivity contribution in [2.45, 2.75) is 6.92 Å². The van der Waals surface area contributed by atoms with Crippen molar-refractivity contribution in [3.8, 4) is 11.1 Å². The monoisotopic (exact) mass is 173 g/mol. The first-order valence-electron chi connectivity index (χ1n) is 6.57. The van der Waals surface area contributed by atoms with Crippen molar-refractivity contribution in [2.75, 3.05) is 0 Å². The summed E-state index contributed by atoms with van der Waals surface area (Å²) < 4.78 is 38.5. The van der Waals surface area contributed by atoms with Crippen LogP contribution in [0.5, 0.6) is 0 Å². The van der Waals surface area contributed by atoms with Crippen LogP contribution in [0.25, 0.3) is 11.1 Å². The molecule has 0 bridgehead atoms. The molecule has 0 nitrogen and oxygen atoms in total. The molecule has 0 aromatic heterocycles. The van der Waals surface area contributed by atoms with E-state index in [4.69, 9.17) is 6.85 Å². The molecule has 0 amide bonds. The van der Waals surface area contributed by atoms with Gasteiger partial charge in [0.25, 0.3) is 0 Å². The second-order valence-electron chi connectivity index (χ2n) is 2.87. The van der Waals surface area contributed by atoms with Gasteiger partial charge >= 0.3 is 0 Å². The molecule has 0 unspecified atom stereocenters. The fourth-order valence-electron chi connectivity index (χ4n) is 1.11. The second-order valence-corrected chi connectivity index (χ2v) is 2.87. The van der Waals surface area contributed by atoms with Gasteiger partial charge in [-0.15, -0.1) is 0 Å². The van der Waals surface area contributed by atoms with Crippen LogP contribution in [0.15, 0.2) is 54.5 Å². The Hall–Kier alpha value is -1.56. The average molecular weight is 173 g/mol. The number of aryl methyl sites for hydroxylation is 1. The van der Waals surface area contributed by atoms with Gasteiger partial charge in [-0.1, -0.05) is 60.0 Å². The van der Waals surface area contributed by atoms with Gasteiger partial charge in [0.05, 0.1) is 6.85 Å². The van der Waals surface area contributed by atoms with Crippen molar-refractivity contribution in [3.63, 3.8) is 0 Å². The van der Waals surface area contributed by atoms with Crippen LogP contribution in [0.1, 0.15) is 12.4 Å². The van der Waals surface area contributed by atoms with Crippen molar-refractivity contribution in [3.05, 3.63) is 60.0 Å². The molecule has 0 aliphatic heterocycles. The minimum atomic E-state index is -0.360. The van der Waals surface area contributed by atoms with E-state index in [2.05, 4.69) is 0 Å². The third kappa shape index (κ3) is 1.78. The summed E-state index contributed by atoms with van der Waals surface area (Å²) in [7, 11) is 0. The SMILES string of the molecule is [2H]c1c([2H])c([2H])c(-c2ccc(C)cc2)c([2H])c1[2H]. The zero-order valence-electron chi connectivity index (χ0n) is 12.3. The quantitative estimate of drug-likeness (QED) is 0.617. The van der Waals surface area contributed by atoms with Gasteiger partial charge in [0.2, 0.25) is 0 Å². The van der Waals surface area contributed by atoms with E-state index in [1.807, 2.05) is 19.1 Å². The Balaban J connectivity index is 2.75. The molecule has 0 saturated carbocycles. The van der Waals surface area contributed by atoms with E-state index < -0.39 is 0 Å². The second kappa shape index (κ2) is 3.44. The van der Waals surface area contributed by atoms with E-state index in [9.17, 15) is 0 Å². The van der Waals surface area contributed by atoms with Gasteiger partial charge in [0.15, 0.2) is 0 Å². The van der Waals surface area contributed by atoms with Crippen LogP contribution in [-0.2, 0) is 0 Å². The third-order valence-electron chi connectivity index (χ3n) is 1.84. The van der Waals surface area contributed by atoms with Gasteiger partial charge in [-0.25, -0.2) is 0 Å². The van der Waals surface area contributed by atoms with Crippen LogP contribution in [0.3, 0.4) is 0 Å². The molecule has 13 heavy (non-hydrogen) atoms. The maximum Gasteiger partial charge on any atom is 0.0629 e. The summed E-state index contributed by atoms with van der Waals surface area (Å²) >= 11 is 0. The molecule has 2 rings (SSSR count). The van der Waals surface area contributed by atoms with Crippen LogP contribution in [0.2, 0.25) is 0 Å². The summed E-state index contributed by atoms with van der Waals surface area (Å²) in [6.45, 7) is 1.94. The molecule has 0 fully saturated rings. The van der Waals surface area contributed by atoms with E-state index in [-0.39, 0.29) is 35.8 Å². The highest BCUT2D eigenvalue weighted by atomic mass is 14.0. The first-order chi connectivity index (χ1) is 8.43. The molecule has 2 aromatic carbocycles. The summed E-state index contributed by atoms with van der Waals surface area (Å²) in [5.41, 5.74) is 1.95. The normalized spacial score (nSPS) is 15.3. The van der Waals surface area contributed by atoms with Gasteiger partial charge in [0, 0.05) is 0 Å². The van der Waals surface area contributed by atoms with Crippen LogP contribution in [0, 0.1) is 6.92 Å². The number of hydrogen-bond donors (Lipinski definition) is 0. The fraction of sp³-hybridized carbons (Fsp3) is 0.0769.